The van der Waals surface area contributed by atoms with Gasteiger partial charge in [0.2, 0.25) is 0 Å². The summed E-state index contributed by atoms with van der Waals surface area (Å²) in [5.74, 6) is -0.843. The smallest absolute Gasteiger partial charge is 0.262 e. The van der Waals surface area contributed by atoms with Crippen molar-refractivity contribution in [2.45, 2.75) is 24.8 Å². The molecule has 0 fully saturated rings. The Bertz CT molecular complexity index is 822. The number of nitrogens with zero attached hydrogens (tertiary/aromatic N) is 1. The van der Waals surface area contributed by atoms with E-state index in [-0.39, 0.29) is 17.7 Å². The van der Waals surface area contributed by atoms with Crippen LogP contribution in [-0.4, -0.2) is 30.3 Å². The normalized spacial score (nSPS) is 12.2. The van der Waals surface area contributed by atoms with Crippen LogP contribution in [0.2, 0.25) is 5.02 Å². The average Bonchev–Trinajstić information content (AvgIpc) is 2.66. The van der Waals surface area contributed by atoms with Crippen molar-refractivity contribution in [2.75, 3.05) is 6.26 Å². The highest BCUT2D eigenvalue weighted by molar-refractivity contribution is 7.98. The van der Waals surface area contributed by atoms with Gasteiger partial charge < -0.3 is 5.32 Å². The van der Waals surface area contributed by atoms with Crippen LogP contribution in [0.4, 0.5) is 0 Å². The molecule has 0 saturated heterocycles. The number of hydrogen-bond donors (Lipinski definition) is 2. The molecule has 0 aliphatic carbocycles. The Morgan fingerprint density at radius 2 is 1.85 bits per heavy atom. The summed E-state index contributed by atoms with van der Waals surface area (Å²) in [5, 5.41) is 7.19. The molecule has 2 aromatic rings. The molecule has 0 saturated carbocycles. The Kier molecular flexibility index (Phi) is 7.88. The number of hydrogen-bond acceptors (Lipinski definition) is 4. The molecule has 7 heteroatoms. The van der Waals surface area contributed by atoms with Crippen molar-refractivity contribution in [2.24, 2.45) is 11.0 Å². The lowest BCUT2D eigenvalue weighted by atomic mass is 10.0. The largest absolute Gasteiger partial charge is 0.340 e. The van der Waals surface area contributed by atoms with Crippen LogP contribution in [0.25, 0.3) is 0 Å². The summed E-state index contributed by atoms with van der Waals surface area (Å²) in [6.07, 6.45) is 3.57. The zero-order chi connectivity index (χ0) is 19.8. The van der Waals surface area contributed by atoms with Crippen LogP contribution in [-0.2, 0) is 4.79 Å². The van der Waals surface area contributed by atoms with Crippen LogP contribution in [0.3, 0.4) is 0 Å². The summed E-state index contributed by atoms with van der Waals surface area (Å²) >= 11 is 7.57. The summed E-state index contributed by atoms with van der Waals surface area (Å²) < 4.78 is 0. The number of carbonyl (C=O) groups is 2. The molecule has 0 aliphatic rings. The summed E-state index contributed by atoms with van der Waals surface area (Å²) in [6.45, 7) is 3.71. The van der Waals surface area contributed by atoms with Gasteiger partial charge in [0.15, 0.2) is 0 Å². The molecule has 0 bridgehead atoms. The zero-order valence-electron chi connectivity index (χ0n) is 15.4. The van der Waals surface area contributed by atoms with Gasteiger partial charge >= 0.3 is 0 Å². The van der Waals surface area contributed by atoms with Gasteiger partial charge in [-0.1, -0.05) is 43.6 Å². The number of nitrogens with one attached hydrogen (secondary N) is 2. The zero-order valence-corrected chi connectivity index (χ0v) is 17.0. The monoisotopic (exact) mass is 403 g/mol. The van der Waals surface area contributed by atoms with E-state index >= 15 is 0 Å². The second-order valence-electron chi connectivity index (χ2n) is 6.21. The van der Waals surface area contributed by atoms with Crippen molar-refractivity contribution in [1.29, 1.82) is 0 Å². The van der Waals surface area contributed by atoms with Crippen molar-refractivity contribution in [3.8, 4) is 0 Å². The number of carbonyl (C=O) groups excluding carboxylic acids is 2. The van der Waals surface area contributed by atoms with E-state index in [9.17, 15) is 9.59 Å². The minimum absolute atomic E-state index is 0.107. The van der Waals surface area contributed by atoms with Crippen LogP contribution in [0.5, 0.6) is 0 Å². The van der Waals surface area contributed by atoms with Gasteiger partial charge in [0.1, 0.15) is 6.04 Å². The fourth-order valence-electron chi connectivity index (χ4n) is 2.32. The molecule has 0 aromatic heterocycles. The van der Waals surface area contributed by atoms with Gasteiger partial charge in [-0.15, -0.1) is 11.8 Å². The molecule has 2 amide bonds. The molecule has 27 heavy (non-hydrogen) atoms. The first-order valence-corrected chi connectivity index (χ1v) is 10.0. The SMILES string of the molecule is CSc1ccc(/C=N\NC(=O)C(NC(=O)c2cccc(Cl)c2)C(C)C)cc1. The Morgan fingerprint density at radius 1 is 1.15 bits per heavy atom. The van der Waals surface area contributed by atoms with Crippen molar-refractivity contribution in [3.63, 3.8) is 0 Å². The highest BCUT2D eigenvalue weighted by Gasteiger charge is 2.24. The highest BCUT2D eigenvalue weighted by atomic mass is 35.5. The molecule has 0 spiro atoms. The van der Waals surface area contributed by atoms with Crippen LogP contribution in [0.15, 0.2) is 58.5 Å². The van der Waals surface area contributed by atoms with Gasteiger partial charge in [0.25, 0.3) is 11.8 Å². The summed E-state index contributed by atoms with van der Waals surface area (Å²) in [7, 11) is 0. The fraction of sp³-hybridized carbons (Fsp3) is 0.250. The Hall–Kier alpha value is -2.31. The standard InChI is InChI=1S/C20H22ClN3O2S/c1-13(2)18(23-19(25)15-5-4-6-16(21)11-15)20(26)24-22-12-14-7-9-17(27-3)10-8-14/h4-13,18H,1-3H3,(H,23,25)(H,24,26)/b22-12-. The second-order valence-corrected chi connectivity index (χ2v) is 7.53. The van der Waals surface area contributed by atoms with E-state index in [0.717, 1.165) is 10.5 Å². The quantitative estimate of drug-likeness (QED) is 0.417. The first kappa shape index (κ1) is 21.0. The van der Waals surface area contributed by atoms with E-state index in [1.54, 1.807) is 42.2 Å². The van der Waals surface area contributed by atoms with E-state index in [0.29, 0.717) is 10.6 Å². The maximum atomic E-state index is 12.4. The lowest BCUT2D eigenvalue weighted by Gasteiger charge is -2.20. The molecule has 2 aromatic carbocycles. The van der Waals surface area contributed by atoms with Crippen LogP contribution < -0.4 is 10.7 Å². The van der Waals surface area contributed by atoms with Crippen molar-refractivity contribution in [1.82, 2.24) is 10.7 Å². The number of halogens is 1. The van der Waals surface area contributed by atoms with E-state index in [1.165, 1.54) is 0 Å². The highest BCUT2D eigenvalue weighted by Crippen LogP contribution is 2.14. The van der Waals surface area contributed by atoms with Crippen molar-refractivity contribution < 1.29 is 9.59 Å². The van der Waals surface area contributed by atoms with Gasteiger partial charge in [-0.25, -0.2) is 5.43 Å². The summed E-state index contributed by atoms with van der Waals surface area (Å²) in [5.41, 5.74) is 3.77. The predicted octanol–water partition coefficient (Wildman–Crippen LogP) is 3.97. The molecule has 5 nitrogen and oxygen atoms in total. The summed E-state index contributed by atoms with van der Waals surface area (Å²) in [4.78, 5) is 26.0. The third-order valence-corrected chi connectivity index (χ3v) is 4.81. The minimum atomic E-state index is -0.715. The average molecular weight is 404 g/mol. The van der Waals surface area contributed by atoms with E-state index in [4.69, 9.17) is 11.6 Å². The molecule has 1 unspecified atom stereocenters. The maximum Gasteiger partial charge on any atom is 0.262 e. The maximum absolute atomic E-state index is 12.4. The number of benzene rings is 2. The number of rotatable bonds is 7. The van der Waals surface area contributed by atoms with Gasteiger partial charge in [0, 0.05) is 15.5 Å². The molecular weight excluding hydrogens is 382 g/mol. The number of thioether (sulfide) groups is 1. The Balaban J connectivity index is 1.99. The Labute approximate surface area is 168 Å². The lowest BCUT2D eigenvalue weighted by Crippen LogP contribution is -2.48. The topological polar surface area (TPSA) is 70.6 Å². The number of hydrazone groups is 1. The van der Waals surface area contributed by atoms with Gasteiger partial charge in [-0.2, -0.15) is 5.10 Å². The number of amides is 2. The summed E-state index contributed by atoms with van der Waals surface area (Å²) in [6, 6.07) is 13.7. The van der Waals surface area contributed by atoms with E-state index in [1.807, 2.05) is 44.4 Å². The molecule has 0 radical (unpaired) electrons. The molecule has 1 atom stereocenters. The lowest BCUT2D eigenvalue weighted by molar-refractivity contribution is -0.123. The fourth-order valence-corrected chi connectivity index (χ4v) is 2.92. The van der Waals surface area contributed by atoms with Crippen molar-refractivity contribution >= 4 is 41.4 Å². The minimum Gasteiger partial charge on any atom is -0.340 e. The van der Waals surface area contributed by atoms with E-state index < -0.39 is 6.04 Å². The molecule has 0 heterocycles. The van der Waals surface area contributed by atoms with Crippen molar-refractivity contribution in [3.05, 3.63) is 64.7 Å². The van der Waals surface area contributed by atoms with Gasteiger partial charge in [0.05, 0.1) is 6.21 Å². The molecule has 2 N–H and O–H groups in total. The first-order chi connectivity index (χ1) is 12.9. The van der Waals surface area contributed by atoms with Crippen LogP contribution in [0.1, 0.15) is 29.8 Å². The third kappa shape index (κ3) is 6.41. The molecular formula is C20H22ClN3O2S. The Morgan fingerprint density at radius 3 is 2.44 bits per heavy atom. The predicted molar refractivity (Wildman–Crippen MR) is 112 cm³/mol. The molecule has 2 rings (SSSR count). The van der Waals surface area contributed by atoms with Gasteiger partial charge in [-0.3, -0.25) is 9.59 Å². The molecule has 0 aliphatic heterocycles. The van der Waals surface area contributed by atoms with Gasteiger partial charge in [-0.05, 0) is 48.1 Å². The van der Waals surface area contributed by atoms with Crippen LogP contribution in [0, 0.1) is 5.92 Å². The second kappa shape index (κ2) is 10.1. The third-order valence-electron chi connectivity index (χ3n) is 3.83. The van der Waals surface area contributed by atoms with E-state index in [2.05, 4.69) is 15.8 Å². The van der Waals surface area contributed by atoms with Crippen LogP contribution >= 0.6 is 23.4 Å². The molecule has 142 valence electrons. The first-order valence-electron chi connectivity index (χ1n) is 8.44.